The van der Waals surface area contributed by atoms with Gasteiger partial charge in [0, 0.05) is 45.7 Å². The van der Waals surface area contributed by atoms with Gasteiger partial charge in [-0.3, -0.25) is 4.79 Å². The number of carboxylic acid groups (broad SMARTS) is 1. The minimum Gasteiger partial charge on any atom is -0.494 e. The van der Waals surface area contributed by atoms with Crippen molar-refractivity contribution in [2.45, 2.75) is 43.7 Å². The smallest absolute Gasteiger partial charge is 0.490 e. The summed E-state index contributed by atoms with van der Waals surface area (Å²) in [4.78, 5) is 26.0. The number of halogens is 3. The highest BCUT2D eigenvalue weighted by atomic mass is 32.2. The lowest BCUT2D eigenvalue weighted by atomic mass is 10.3. The van der Waals surface area contributed by atoms with Gasteiger partial charge in [0.1, 0.15) is 5.75 Å². The second-order valence-electron chi connectivity index (χ2n) is 8.89. The van der Waals surface area contributed by atoms with E-state index in [0.717, 1.165) is 39.1 Å². The highest BCUT2D eigenvalue weighted by Crippen LogP contribution is 2.21. The molecule has 2 aliphatic rings. The second-order valence-corrected chi connectivity index (χ2v) is 10.8. The van der Waals surface area contributed by atoms with Crippen LogP contribution in [0, 0.1) is 0 Å². The number of hydrogen-bond acceptors (Lipinski definition) is 7. The van der Waals surface area contributed by atoms with E-state index in [4.69, 9.17) is 14.6 Å². The Kier molecular flexibility index (Phi) is 12.8. The van der Waals surface area contributed by atoms with Gasteiger partial charge in [-0.2, -0.15) is 17.5 Å². The van der Waals surface area contributed by atoms with Crippen molar-refractivity contribution in [3.05, 3.63) is 24.3 Å². The van der Waals surface area contributed by atoms with Crippen molar-refractivity contribution in [1.29, 1.82) is 0 Å². The van der Waals surface area contributed by atoms with Crippen LogP contribution in [0.25, 0.3) is 0 Å². The Labute approximate surface area is 221 Å². The number of ether oxygens (including phenoxy) is 1. The third kappa shape index (κ3) is 10.4. The molecule has 1 aromatic rings. The third-order valence-corrected chi connectivity index (χ3v) is 8.05. The van der Waals surface area contributed by atoms with Crippen LogP contribution in [0.15, 0.2) is 29.2 Å². The summed E-state index contributed by atoms with van der Waals surface area (Å²) in [5, 5.41) is 10.4. The molecule has 0 spiro atoms. The molecule has 2 heterocycles. The van der Waals surface area contributed by atoms with E-state index in [0.29, 0.717) is 32.0 Å². The molecular weight excluding hydrogens is 529 g/mol. The van der Waals surface area contributed by atoms with Gasteiger partial charge in [-0.1, -0.05) is 0 Å². The van der Waals surface area contributed by atoms with Gasteiger partial charge in [0.25, 0.3) is 0 Å². The van der Waals surface area contributed by atoms with E-state index >= 15 is 0 Å². The summed E-state index contributed by atoms with van der Waals surface area (Å²) in [6, 6.07) is 6.55. The van der Waals surface area contributed by atoms with Crippen molar-refractivity contribution in [1.82, 2.24) is 19.4 Å². The number of likely N-dealkylation sites (tertiary alicyclic amines) is 1. The zero-order valence-electron chi connectivity index (χ0n) is 21.6. The molecular formula is C24H37F3N4O6S. The Morgan fingerprint density at radius 2 is 1.63 bits per heavy atom. The first-order valence-electron chi connectivity index (χ1n) is 12.7. The monoisotopic (exact) mass is 566 g/mol. The van der Waals surface area contributed by atoms with Gasteiger partial charge in [0.2, 0.25) is 15.9 Å². The number of nitrogens with zero attached hydrogens (tertiary/aromatic N) is 3. The fraction of sp³-hybridized carbons (Fsp3) is 0.667. The molecule has 0 unspecified atom stereocenters. The Hall–Kier alpha value is -2.42. The number of hydrogen-bond donors (Lipinski definition) is 2. The van der Waals surface area contributed by atoms with Crippen molar-refractivity contribution in [3.8, 4) is 5.75 Å². The molecule has 0 saturated carbocycles. The lowest BCUT2D eigenvalue weighted by Crippen LogP contribution is -2.47. The molecule has 10 nitrogen and oxygen atoms in total. The van der Waals surface area contributed by atoms with E-state index in [-0.39, 0.29) is 23.8 Å². The maximum absolute atomic E-state index is 13.4. The molecule has 216 valence electrons. The fourth-order valence-electron chi connectivity index (χ4n) is 4.15. The summed E-state index contributed by atoms with van der Waals surface area (Å²) in [6.07, 6.45) is -1.68. The molecule has 2 aliphatic heterocycles. The number of benzene rings is 1. The maximum Gasteiger partial charge on any atom is 0.490 e. The first-order valence-corrected chi connectivity index (χ1v) is 14.1. The largest absolute Gasteiger partial charge is 0.494 e. The van der Waals surface area contributed by atoms with Crippen molar-refractivity contribution in [2.24, 2.45) is 0 Å². The third-order valence-electron chi connectivity index (χ3n) is 6.14. The van der Waals surface area contributed by atoms with Crippen molar-refractivity contribution in [2.75, 3.05) is 65.5 Å². The van der Waals surface area contributed by atoms with E-state index in [1.807, 2.05) is 11.8 Å². The molecule has 0 aliphatic carbocycles. The summed E-state index contributed by atoms with van der Waals surface area (Å²) < 4.78 is 65.4. The van der Waals surface area contributed by atoms with E-state index < -0.39 is 22.2 Å². The minimum atomic E-state index is -5.08. The van der Waals surface area contributed by atoms with Crippen LogP contribution >= 0.6 is 0 Å². The Balaban J connectivity index is 0.000000638. The van der Waals surface area contributed by atoms with Crippen LogP contribution < -0.4 is 10.1 Å². The highest BCUT2D eigenvalue weighted by Gasteiger charge is 2.38. The Bertz CT molecular complexity index is 980. The average molecular weight is 567 g/mol. The molecule has 38 heavy (non-hydrogen) atoms. The summed E-state index contributed by atoms with van der Waals surface area (Å²) in [7, 11) is -3.68. The summed E-state index contributed by atoms with van der Waals surface area (Å²) in [5.74, 6) is -2.09. The van der Waals surface area contributed by atoms with Gasteiger partial charge in [-0.05, 0) is 70.1 Å². The fourth-order valence-corrected chi connectivity index (χ4v) is 5.62. The number of nitrogens with one attached hydrogen (secondary N) is 1. The number of sulfonamides is 1. The quantitative estimate of drug-likeness (QED) is 0.418. The van der Waals surface area contributed by atoms with Crippen LogP contribution in [0.1, 0.15) is 32.6 Å². The lowest BCUT2D eigenvalue weighted by molar-refractivity contribution is -0.192. The van der Waals surface area contributed by atoms with Crippen molar-refractivity contribution in [3.63, 3.8) is 0 Å². The lowest BCUT2D eigenvalue weighted by Gasteiger charge is -2.29. The molecule has 1 aromatic carbocycles. The number of carbonyl (C=O) groups excluding carboxylic acids is 1. The number of rotatable bonds is 11. The molecule has 14 heteroatoms. The number of carboxylic acids is 1. The van der Waals surface area contributed by atoms with Gasteiger partial charge < -0.3 is 25.0 Å². The number of aliphatic carboxylic acids is 1. The Morgan fingerprint density at radius 1 is 1.05 bits per heavy atom. The molecule has 1 amide bonds. The summed E-state index contributed by atoms with van der Waals surface area (Å²) in [6.45, 7) is 9.05. The van der Waals surface area contributed by atoms with Crippen molar-refractivity contribution < 1.29 is 41.0 Å². The molecule has 2 fully saturated rings. The predicted molar refractivity (Wildman–Crippen MR) is 134 cm³/mol. The molecule has 2 saturated heterocycles. The van der Waals surface area contributed by atoms with Crippen LogP contribution in [-0.4, -0.2) is 111 Å². The van der Waals surface area contributed by atoms with E-state index in [1.54, 1.807) is 24.3 Å². The van der Waals surface area contributed by atoms with Crippen LogP contribution in [0.5, 0.6) is 5.75 Å². The highest BCUT2D eigenvalue weighted by molar-refractivity contribution is 7.89. The van der Waals surface area contributed by atoms with E-state index in [1.165, 1.54) is 17.1 Å². The topological polar surface area (TPSA) is 119 Å². The first-order chi connectivity index (χ1) is 17.9. The van der Waals surface area contributed by atoms with E-state index in [2.05, 4.69) is 10.2 Å². The number of carbonyl (C=O) groups is 2. The normalized spacial score (nSPS) is 16.7. The minimum absolute atomic E-state index is 0.0212. The zero-order chi connectivity index (χ0) is 28.2. The first kappa shape index (κ1) is 31.8. The molecule has 0 bridgehead atoms. The molecule has 0 atom stereocenters. The van der Waals surface area contributed by atoms with Crippen LogP contribution in [-0.2, 0) is 19.6 Å². The van der Waals surface area contributed by atoms with Crippen LogP contribution in [0.3, 0.4) is 0 Å². The molecule has 3 rings (SSSR count). The predicted octanol–water partition coefficient (Wildman–Crippen LogP) is 2.02. The van der Waals surface area contributed by atoms with Gasteiger partial charge in [-0.15, -0.1) is 0 Å². The van der Waals surface area contributed by atoms with Gasteiger partial charge >= 0.3 is 12.1 Å². The van der Waals surface area contributed by atoms with Gasteiger partial charge in [-0.25, -0.2) is 13.2 Å². The van der Waals surface area contributed by atoms with Gasteiger partial charge in [0.05, 0.1) is 11.5 Å². The zero-order valence-corrected chi connectivity index (χ0v) is 22.4. The van der Waals surface area contributed by atoms with Gasteiger partial charge in [0.15, 0.2) is 0 Å². The second kappa shape index (κ2) is 15.2. The molecule has 0 aromatic heterocycles. The standard InChI is InChI=1S/C22H36N4O4S.C2HF3O2/c1-2-30-20-6-8-21(9-7-20)31(28,29)26(16-5-15-24-13-3-4-14-24)17-10-22(27)25-18-11-23-12-19-25;3-2(4,5)1(6)7/h6-9,23H,2-5,10-19H2,1H3;(H,6,7). The molecule has 2 N–H and O–H groups in total. The Morgan fingerprint density at radius 3 is 2.16 bits per heavy atom. The summed E-state index contributed by atoms with van der Waals surface area (Å²) >= 11 is 0. The number of piperazine rings is 1. The van der Waals surface area contributed by atoms with Crippen molar-refractivity contribution >= 4 is 21.9 Å². The maximum atomic E-state index is 13.4. The van der Waals surface area contributed by atoms with Crippen LogP contribution in [0.2, 0.25) is 0 Å². The molecule has 0 radical (unpaired) electrons. The SMILES string of the molecule is CCOc1ccc(S(=O)(=O)N(CCCN2CCCC2)CCC(=O)N2CCNCC2)cc1.O=C(O)C(F)(F)F. The van der Waals surface area contributed by atoms with E-state index in [9.17, 15) is 26.4 Å². The summed E-state index contributed by atoms with van der Waals surface area (Å²) in [5.41, 5.74) is 0. The van der Waals surface area contributed by atoms with Crippen LogP contribution in [0.4, 0.5) is 13.2 Å². The number of alkyl halides is 3. The number of amides is 1. The average Bonchev–Trinajstić information content (AvgIpc) is 3.40.